The van der Waals surface area contributed by atoms with Crippen molar-refractivity contribution in [2.45, 2.75) is 112 Å². The molecule has 0 aromatic carbocycles. The minimum absolute atomic E-state index is 0.0302. The van der Waals surface area contributed by atoms with E-state index in [1.807, 2.05) is 0 Å². The molecule has 4 saturated carbocycles. The van der Waals surface area contributed by atoms with Gasteiger partial charge in [-0.2, -0.15) is 0 Å². The average molecular weight is 457 g/mol. The van der Waals surface area contributed by atoms with Crippen LogP contribution in [0.5, 0.6) is 0 Å². The third kappa shape index (κ3) is 2.75. The van der Waals surface area contributed by atoms with E-state index in [0.717, 1.165) is 44.9 Å². The Balaban J connectivity index is 1.61. The average Bonchev–Trinajstić information content (AvgIpc) is 2.74. The number of fused-ring (bicyclic) bond motifs is 7. The molecule has 10 atom stereocenters. The maximum absolute atomic E-state index is 12.8. The van der Waals surface area contributed by atoms with Crippen LogP contribution in [-0.2, 0) is 4.79 Å². The van der Waals surface area contributed by atoms with Crippen molar-refractivity contribution in [1.82, 2.24) is 0 Å². The Morgan fingerprint density at radius 2 is 1.61 bits per heavy atom. The highest BCUT2D eigenvalue weighted by atomic mass is 16.4. The summed E-state index contributed by atoms with van der Waals surface area (Å²) in [5.41, 5.74) is 1.46. The second kappa shape index (κ2) is 7.11. The van der Waals surface area contributed by atoms with Crippen LogP contribution in [0, 0.1) is 56.7 Å². The van der Waals surface area contributed by atoms with Crippen LogP contribution in [0.4, 0.5) is 0 Å². The molecule has 0 radical (unpaired) electrons. The van der Waals surface area contributed by atoms with Crippen LogP contribution < -0.4 is 0 Å². The van der Waals surface area contributed by atoms with Crippen molar-refractivity contribution in [3.63, 3.8) is 0 Å². The van der Waals surface area contributed by atoms with Crippen molar-refractivity contribution in [2.24, 2.45) is 56.7 Å². The van der Waals surface area contributed by atoms with Gasteiger partial charge in [0, 0.05) is 0 Å². The molecule has 0 saturated heterocycles. The van der Waals surface area contributed by atoms with E-state index in [1.165, 1.54) is 18.4 Å². The topological polar surface area (TPSA) is 57.5 Å². The molecule has 4 unspecified atom stereocenters. The van der Waals surface area contributed by atoms with Gasteiger partial charge in [0.05, 0.1) is 11.5 Å². The first-order valence-electron chi connectivity index (χ1n) is 13.9. The first-order valence-corrected chi connectivity index (χ1v) is 13.9. The number of carbonyl (C=O) groups is 1. The molecule has 0 aromatic heterocycles. The second-order valence-corrected chi connectivity index (χ2v) is 14.5. The molecule has 186 valence electrons. The number of aliphatic carboxylic acids is 1. The third-order valence-corrected chi connectivity index (χ3v) is 13.4. The lowest BCUT2D eigenvalue weighted by atomic mass is 9.33. The molecule has 0 heterocycles. The maximum Gasteiger partial charge on any atom is 0.310 e. The number of hydrogen-bond acceptors (Lipinski definition) is 2. The first-order chi connectivity index (χ1) is 15.3. The summed E-state index contributed by atoms with van der Waals surface area (Å²) in [6, 6.07) is 0. The zero-order chi connectivity index (χ0) is 24.2. The van der Waals surface area contributed by atoms with Gasteiger partial charge in [-0.3, -0.25) is 4.79 Å². The standard InChI is InChI=1S/C30H48O3/c1-18-10-15-30(25(32)33)17-16-28(6)20(24(30)19(18)2)8-9-22-27(5)13-12-23(31)26(3,4)21(27)11-14-29(22,28)7/h8,18-19,21-24,31H,9-17H2,1-7H3,(H,32,33)/t18-,19?,21+,22-,23?,24?,27+,28-,29-,30?/m1/s1. The predicted octanol–water partition coefficient (Wildman–Crippen LogP) is 7.09. The zero-order valence-electron chi connectivity index (χ0n) is 22.2. The predicted molar refractivity (Wildman–Crippen MR) is 133 cm³/mol. The highest BCUT2D eigenvalue weighted by Gasteiger charge is 2.69. The number of carboxylic acids is 1. The molecule has 2 N–H and O–H groups in total. The van der Waals surface area contributed by atoms with Crippen LogP contribution in [0.3, 0.4) is 0 Å². The summed E-state index contributed by atoms with van der Waals surface area (Å²) in [6.45, 7) is 17.0. The number of aliphatic hydroxyl groups is 1. The molecular formula is C30H48O3. The molecule has 0 aliphatic heterocycles. The molecule has 4 fully saturated rings. The largest absolute Gasteiger partial charge is 0.481 e. The Hall–Kier alpha value is -0.830. The SMILES string of the molecule is CC1C2C3=CC[C@@H]4[C@@]5(C)CCC(O)C(C)(C)[C@@H]5CC[C@@]4(C)[C@]3(C)CCC2(C(=O)O)CC[C@H]1C. The molecule has 0 amide bonds. The molecule has 0 bridgehead atoms. The van der Waals surface area contributed by atoms with Gasteiger partial charge in [0.2, 0.25) is 0 Å². The molecule has 5 rings (SSSR count). The van der Waals surface area contributed by atoms with Crippen molar-refractivity contribution in [1.29, 1.82) is 0 Å². The van der Waals surface area contributed by atoms with E-state index < -0.39 is 11.4 Å². The summed E-state index contributed by atoms with van der Waals surface area (Å²) in [7, 11) is 0. The minimum Gasteiger partial charge on any atom is -0.481 e. The number of hydrogen-bond donors (Lipinski definition) is 2. The van der Waals surface area contributed by atoms with Crippen LogP contribution in [0.25, 0.3) is 0 Å². The summed E-state index contributed by atoms with van der Waals surface area (Å²) in [4.78, 5) is 12.8. The number of rotatable bonds is 1. The highest BCUT2D eigenvalue weighted by molar-refractivity contribution is 5.76. The fourth-order valence-corrected chi connectivity index (χ4v) is 10.8. The van der Waals surface area contributed by atoms with Gasteiger partial charge in [0.15, 0.2) is 0 Å². The Bertz CT molecular complexity index is 874. The summed E-state index contributed by atoms with van der Waals surface area (Å²) >= 11 is 0. The van der Waals surface area contributed by atoms with E-state index in [2.05, 4.69) is 54.5 Å². The van der Waals surface area contributed by atoms with Crippen molar-refractivity contribution in [3.05, 3.63) is 11.6 Å². The first kappa shape index (κ1) is 23.9. The van der Waals surface area contributed by atoms with Crippen LogP contribution in [0.15, 0.2) is 11.6 Å². The Labute approximate surface area is 201 Å². The van der Waals surface area contributed by atoms with Crippen LogP contribution >= 0.6 is 0 Å². The molecule has 0 aromatic rings. The summed E-state index contributed by atoms with van der Waals surface area (Å²) in [5.74, 6) is 1.82. The van der Waals surface area contributed by atoms with E-state index in [1.54, 1.807) is 0 Å². The van der Waals surface area contributed by atoms with E-state index in [9.17, 15) is 15.0 Å². The molecule has 33 heavy (non-hydrogen) atoms. The van der Waals surface area contributed by atoms with Gasteiger partial charge >= 0.3 is 5.97 Å². The summed E-state index contributed by atoms with van der Waals surface area (Å²) in [6.07, 6.45) is 11.6. The van der Waals surface area contributed by atoms with E-state index in [0.29, 0.717) is 23.7 Å². The number of aliphatic hydroxyl groups excluding tert-OH is 1. The Morgan fingerprint density at radius 1 is 0.909 bits per heavy atom. The Kier molecular flexibility index (Phi) is 5.15. The van der Waals surface area contributed by atoms with Gasteiger partial charge in [0.1, 0.15) is 0 Å². The normalized spacial score (nSPS) is 55.3. The smallest absolute Gasteiger partial charge is 0.310 e. The van der Waals surface area contributed by atoms with E-state index in [-0.39, 0.29) is 33.7 Å². The van der Waals surface area contributed by atoms with Gasteiger partial charge in [-0.05, 0) is 109 Å². The molecule has 3 heteroatoms. The monoisotopic (exact) mass is 456 g/mol. The fraction of sp³-hybridized carbons (Fsp3) is 0.900. The van der Waals surface area contributed by atoms with Crippen molar-refractivity contribution in [3.8, 4) is 0 Å². The molecule has 3 nitrogen and oxygen atoms in total. The minimum atomic E-state index is -0.557. The van der Waals surface area contributed by atoms with Gasteiger partial charge in [-0.25, -0.2) is 0 Å². The van der Waals surface area contributed by atoms with Crippen LogP contribution in [0.1, 0.15) is 106 Å². The number of allylic oxidation sites excluding steroid dienone is 2. The second-order valence-electron chi connectivity index (χ2n) is 14.5. The van der Waals surface area contributed by atoms with Crippen molar-refractivity contribution in [2.75, 3.05) is 0 Å². The molecule has 0 spiro atoms. The van der Waals surface area contributed by atoms with Gasteiger partial charge in [-0.15, -0.1) is 0 Å². The summed E-state index contributed by atoms with van der Waals surface area (Å²) < 4.78 is 0. The molecule has 5 aliphatic carbocycles. The highest BCUT2D eigenvalue weighted by Crippen LogP contribution is 2.75. The Morgan fingerprint density at radius 3 is 2.27 bits per heavy atom. The lowest BCUT2D eigenvalue weighted by Crippen LogP contribution is -2.65. The lowest BCUT2D eigenvalue weighted by Gasteiger charge is -2.71. The third-order valence-electron chi connectivity index (χ3n) is 13.4. The fourth-order valence-electron chi connectivity index (χ4n) is 10.8. The van der Waals surface area contributed by atoms with Crippen molar-refractivity contribution < 1.29 is 15.0 Å². The zero-order valence-corrected chi connectivity index (χ0v) is 22.2. The van der Waals surface area contributed by atoms with E-state index >= 15 is 0 Å². The maximum atomic E-state index is 12.8. The van der Waals surface area contributed by atoms with Gasteiger partial charge in [-0.1, -0.05) is 60.1 Å². The van der Waals surface area contributed by atoms with Crippen LogP contribution in [-0.4, -0.2) is 22.3 Å². The van der Waals surface area contributed by atoms with E-state index in [4.69, 9.17) is 0 Å². The van der Waals surface area contributed by atoms with Crippen LogP contribution in [0.2, 0.25) is 0 Å². The lowest BCUT2D eigenvalue weighted by molar-refractivity contribution is -0.206. The molecular weight excluding hydrogens is 408 g/mol. The number of carboxylic acid groups (broad SMARTS) is 1. The molecule has 5 aliphatic rings. The quantitative estimate of drug-likeness (QED) is 0.414. The van der Waals surface area contributed by atoms with Crippen molar-refractivity contribution >= 4 is 5.97 Å². The van der Waals surface area contributed by atoms with Gasteiger partial charge < -0.3 is 10.2 Å². The summed E-state index contributed by atoms with van der Waals surface area (Å²) in [5, 5.41) is 21.4. The van der Waals surface area contributed by atoms with Gasteiger partial charge in [0.25, 0.3) is 0 Å².